The van der Waals surface area contributed by atoms with Crippen LogP contribution in [0.4, 0.5) is 10.1 Å². The highest BCUT2D eigenvalue weighted by Gasteiger charge is 2.23. The fraction of sp³-hybridized carbons (Fsp3) is 0.263. The summed E-state index contributed by atoms with van der Waals surface area (Å²) in [5.41, 5.74) is 0.477. The van der Waals surface area contributed by atoms with E-state index in [2.05, 4.69) is 10.1 Å². The third kappa shape index (κ3) is 6.00. The monoisotopic (exact) mass is 424 g/mol. The number of anilines is 1. The molecule has 0 aliphatic rings. The van der Waals surface area contributed by atoms with Crippen LogP contribution in [-0.4, -0.2) is 51.6 Å². The Bertz CT molecular complexity index is 1010. The molecule has 29 heavy (non-hydrogen) atoms. The maximum atomic E-state index is 13.9. The molecule has 0 saturated heterocycles. The van der Waals surface area contributed by atoms with E-state index in [-0.39, 0.29) is 29.1 Å². The van der Waals surface area contributed by atoms with Crippen LogP contribution in [0.3, 0.4) is 0 Å². The van der Waals surface area contributed by atoms with Crippen molar-refractivity contribution < 1.29 is 31.9 Å². The van der Waals surface area contributed by atoms with E-state index in [1.807, 2.05) is 0 Å². The Morgan fingerprint density at radius 3 is 2.41 bits per heavy atom. The molecule has 0 fully saturated rings. The predicted molar refractivity (Wildman–Crippen MR) is 105 cm³/mol. The number of ether oxygens (including phenoxy) is 2. The summed E-state index contributed by atoms with van der Waals surface area (Å²) in [6.07, 6.45) is 0.930. The predicted octanol–water partition coefficient (Wildman–Crippen LogP) is 2.02. The fourth-order valence-corrected chi connectivity index (χ4v) is 3.23. The molecule has 0 aliphatic heterocycles. The largest absolute Gasteiger partial charge is 0.495 e. The van der Waals surface area contributed by atoms with E-state index >= 15 is 0 Å². The molecule has 156 valence electrons. The number of sulfonamides is 1. The van der Waals surface area contributed by atoms with E-state index in [0.717, 1.165) is 10.6 Å². The highest BCUT2D eigenvalue weighted by Crippen LogP contribution is 2.26. The van der Waals surface area contributed by atoms with Crippen LogP contribution < -0.4 is 10.1 Å². The summed E-state index contributed by atoms with van der Waals surface area (Å²) in [6, 6.07) is 9.98. The first-order valence-corrected chi connectivity index (χ1v) is 10.2. The van der Waals surface area contributed by atoms with Crippen molar-refractivity contribution in [1.29, 1.82) is 0 Å². The second kappa shape index (κ2) is 9.48. The van der Waals surface area contributed by atoms with Crippen LogP contribution in [-0.2, 0) is 26.1 Å². The third-order valence-corrected chi connectivity index (χ3v) is 5.18. The first kappa shape index (κ1) is 22.3. The van der Waals surface area contributed by atoms with Crippen LogP contribution in [0.1, 0.15) is 15.9 Å². The third-order valence-electron chi connectivity index (χ3n) is 3.99. The van der Waals surface area contributed by atoms with E-state index in [4.69, 9.17) is 4.74 Å². The minimum absolute atomic E-state index is 0.135. The van der Waals surface area contributed by atoms with E-state index in [9.17, 15) is 22.4 Å². The van der Waals surface area contributed by atoms with Crippen molar-refractivity contribution >= 4 is 27.6 Å². The van der Waals surface area contributed by atoms with Crippen molar-refractivity contribution in [2.75, 3.05) is 32.3 Å². The van der Waals surface area contributed by atoms with E-state index in [0.29, 0.717) is 0 Å². The number of nitrogens with one attached hydrogen (secondary N) is 1. The number of methoxy groups -OCH3 is 2. The molecule has 0 unspecified atom stereocenters. The number of rotatable bonds is 8. The lowest BCUT2D eigenvalue weighted by atomic mass is 10.2. The van der Waals surface area contributed by atoms with Gasteiger partial charge in [-0.2, -0.15) is 4.31 Å². The van der Waals surface area contributed by atoms with Crippen molar-refractivity contribution in [3.05, 3.63) is 59.4 Å². The zero-order valence-corrected chi connectivity index (χ0v) is 17.0. The van der Waals surface area contributed by atoms with Crippen molar-refractivity contribution in [2.24, 2.45) is 0 Å². The summed E-state index contributed by atoms with van der Waals surface area (Å²) in [5, 5.41) is 2.51. The normalized spacial score (nSPS) is 11.2. The lowest BCUT2D eigenvalue weighted by Gasteiger charge is -2.20. The van der Waals surface area contributed by atoms with Gasteiger partial charge in [0.2, 0.25) is 15.9 Å². The summed E-state index contributed by atoms with van der Waals surface area (Å²) in [7, 11) is -1.21. The number of hydrogen-bond acceptors (Lipinski definition) is 6. The molecular weight excluding hydrogens is 403 g/mol. The molecule has 0 saturated carbocycles. The van der Waals surface area contributed by atoms with Gasteiger partial charge in [0.05, 0.1) is 38.3 Å². The number of benzene rings is 2. The summed E-state index contributed by atoms with van der Waals surface area (Å²) >= 11 is 0. The maximum Gasteiger partial charge on any atom is 0.337 e. The van der Waals surface area contributed by atoms with Gasteiger partial charge in [-0.05, 0) is 24.3 Å². The molecule has 0 heterocycles. The fourth-order valence-electron chi connectivity index (χ4n) is 2.51. The zero-order valence-electron chi connectivity index (χ0n) is 16.1. The van der Waals surface area contributed by atoms with Gasteiger partial charge in [-0.1, -0.05) is 18.2 Å². The Morgan fingerprint density at radius 1 is 1.14 bits per heavy atom. The molecule has 1 amide bonds. The molecule has 1 N–H and O–H groups in total. The van der Waals surface area contributed by atoms with Gasteiger partial charge in [0.1, 0.15) is 11.6 Å². The van der Waals surface area contributed by atoms with Gasteiger partial charge in [0.15, 0.2) is 0 Å². The number of halogens is 1. The summed E-state index contributed by atoms with van der Waals surface area (Å²) < 4.78 is 48.7. The first-order valence-electron chi connectivity index (χ1n) is 8.40. The molecule has 0 aliphatic carbocycles. The minimum atomic E-state index is -3.81. The molecule has 2 aromatic rings. The highest BCUT2D eigenvalue weighted by atomic mass is 32.2. The molecule has 0 bridgehead atoms. The van der Waals surface area contributed by atoms with Gasteiger partial charge in [0.25, 0.3) is 0 Å². The van der Waals surface area contributed by atoms with Gasteiger partial charge in [-0.25, -0.2) is 17.6 Å². The molecule has 0 atom stereocenters. The van der Waals surface area contributed by atoms with Crippen LogP contribution in [0.5, 0.6) is 5.75 Å². The second-order valence-corrected chi connectivity index (χ2v) is 8.06. The van der Waals surface area contributed by atoms with E-state index in [1.165, 1.54) is 50.6 Å². The summed E-state index contributed by atoms with van der Waals surface area (Å²) in [4.78, 5) is 24.2. The summed E-state index contributed by atoms with van der Waals surface area (Å²) in [6.45, 7) is -0.864. The van der Waals surface area contributed by atoms with E-state index in [1.54, 1.807) is 6.07 Å². The number of carbonyl (C=O) groups excluding carboxylic acids is 2. The molecule has 0 radical (unpaired) electrons. The maximum absolute atomic E-state index is 13.9. The number of nitrogens with zero attached hydrogens (tertiary/aromatic N) is 1. The van der Waals surface area contributed by atoms with Gasteiger partial charge in [-0.3, -0.25) is 4.79 Å². The van der Waals surface area contributed by atoms with Gasteiger partial charge >= 0.3 is 5.97 Å². The molecule has 0 spiro atoms. The second-order valence-electron chi connectivity index (χ2n) is 6.08. The van der Waals surface area contributed by atoms with Gasteiger partial charge in [0, 0.05) is 12.1 Å². The molecule has 0 aromatic heterocycles. The number of esters is 1. The van der Waals surface area contributed by atoms with Crippen LogP contribution in [0.25, 0.3) is 0 Å². The van der Waals surface area contributed by atoms with Gasteiger partial charge in [-0.15, -0.1) is 0 Å². The quantitative estimate of drug-likeness (QED) is 0.651. The van der Waals surface area contributed by atoms with Crippen molar-refractivity contribution in [2.45, 2.75) is 6.54 Å². The molecule has 8 nitrogen and oxygen atoms in total. The zero-order chi connectivity index (χ0) is 21.6. The smallest absolute Gasteiger partial charge is 0.337 e. The SMILES string of the molecule is COC(=O)c1ccc(OC)c(NC(=O)CN(Cc2ccccc2F)S(C)(=O)=O)c1. The highest BCUT2D eigenvalue weighted by molar-refractivity contribution is 7.88. The van der Waals surface area contributed by atoms with Crippen molar-refractivity contribution in [1.82, 2.24) is 4.31 Å². The molecule has 2 aromatic carbocycles. The number of hydrogen-bond donors (Lipinski definition) is 1. The lowest BCUT2D eigenvalue weighted by Crippen LogP contribution is -2.37. The van der Waals surface area contributed by atoms with Crippen molar-refractivity contribution in [3.8, 4) is 5.75 Å². The summed E-state index contributed by atoms with van der Waals surface area (Å²) in [5.74, 6) is -1.60. The van der Waals surface area contributed by atoms with Crippen LogP contribution in [0.15, 0.2) is 42.5 Å². The molecular formula is C19H21FN2O6S. The number of carbonyl (C=O) groups is 2. The van der Waals surface area contributed by atoms with E-state index < -0.39 is 34.3 Å². The Kier molecular flexibility index (Phi) is 7.29. The van der Waals surface area contributed by atoms with Crippen LogP contribution >= 0.6 is 0 Å². The Hall–Kier alpha value is -2.98. The van der Waals surface area contributed by atoms with Crippen LogP contribution in [0, 0.1) is 5.82 Å². The van der Waals surface area contributed by atoms with Crippen molar-refractivity contribution in [3.63, 3.8) is 0 Å². The average molecular weight is 424 g/mol. The Morgan fingerprint density at radius 2 is 1.83 bits per heavy atom. The first-order chi connectivity index (χ1) is 13.7. The Labute approximate surface area is 168 Å². The molecule has 10 heteroatoms. The minimum Gasteiger partial charge on any atom is -0.495 e. The van der Waals surface area contributed by atoms with Gasteiger partial charge < -0.3 is 14.8 Å². The standard InChI is InChI=1S/C19H21FN2O6S/c1-27-17-9-8-13(19(24)28-2)10-16(17)21-18(23)12-22(29(3,25)26)11-14-6-4-5-7-15(14)20/h4-10H,11-12H2,1-3H3,(H,21,23). The topological polar surface area (TPSA) is 102 Å². The molecule has 2 rings (SSSR count). The Balaban J connectivity index is 2.22. The average Bonchev–Trinajstić information content (AvgIpc) is 2.67. The number of amides is 1. The van der Waals surface area contributed by atoms with Crippen LogP contribution in [0.2, 0.25) is 0 Å². The lowest BCUT2D eigenvalue weighted by molar-refractivity contribution is -0.116.